The van der Waals surface area contributed by atoms with E-state index in [1.807, 2.05) is 0 Å². The molecule has 2 aromatic rings. The normalized spacial score (nSPS) is 12.3. The minimum Gasteiger partial charge on any atom is -0.477 e. The molecule has 122 valence electrons. The van der Waals surface area contributed by atoms with Crippen molar-refractivity contribution < 1.29 is 36.2 Å². The highest BCUT2D eigenvalue weighted by atomic mass is 19.4. The summed E-state index contributed by atoms with van der Waals surface area (Å²) in [5, 5.41) is 8.77. The Bertz CT molecular complexity index is 723. The molecule has 23 heavy (non-hydrogen) atoms. The van der Waals surface area contributed by atoms with Crippen molar-refractivity contribution in [3.8, 4) is 11.4 Å². The van der Waals surface area contributed by atoms with Gasteiger partial charge in [-0.25, -0.2) is 14.8 Å². The summed E-state index contributed by atoms with van der Waals surface area (Å²) in [5.41, 5.74) is -4.21. The van der Waals surface area contributed by atoms with Crippen LogP contribution < -0.4 is 0 Å². The zero-order valence-corrected chi connectivity index (χ0v) is 10.9. The number of aromatic nitrogens is 2. The molecule has 0 spiro atoms. The van der Waals surface area contributed by atoms with Gasteiger partial charge in [0.1, 0.15) is 0 Å². The number of benzene rings is 1. The van der Waals surface area contributed by atoms with Gasteiger partial charge in [0.25, 0.3) is 0 Å². The van der Waals surface area contributed by atoms with Gasteiger partial charge in [-0.05, 0) is 24.3 Å². The third-order valence-corrected chi connectivity index (χ3v) is 2.72. The molecule has 1 aromatic heterocycles. The van der Waals surface area contributed by atoms with E-state index in [4.69, 9.17) is 5.11 Å². The lowest BCUT2D eigenvalue weighted by atomic mass is 10.0. The second-order valence-corrected chi connectivity index (χ2v) is 4.37. The number of halogens is 6. The Morgan fingerprint density at radius 3 is 1.91 bits per heavy atom. The number of aromatic carboxylic acids is 1. The van der Waals surface area contributed by atoms with Gasteiger partial charge in [-0.15, -0.1) is 0 Å². The van der Waals surface area contributed by atoms with E-state index in [-0.39, 0.29) is 6.07 Å². The van der Waals surface area contributed by atoms with E-state index >= 15 is 0 Å². The van der Waals surface area contributed by atoms with Crippen LogP contribution in [0.25, 0.3) is 11.4 Å². The van der Waals surface area contributed by atoms with Gasteiger partial charge >= 0.3 is 18.3 Å². The third kappa shape index (κ3) is 3.76. The Morgan fingerprint density at radius 1 is 0.957 bits per heavy atom. The number of hydrogen-bond donors (Lipinski definition) is 1. The highest BCUT2D eigenvalue weighted by molar-refractivity contribution is 5.85. The molecule has 0 unspecified atom stereocenters. The lowest BCUT2D eigenvalue weighted by Gasteiger charge is -2.13. The quantitative estimate of drug-likeness (QED) is 0.846. The summed E-state index contributed by atoms with van der Waals surface area (Å²) in [6.45, 7) is 0. The Kier molecular flexibility index (Phi) is 4.01. The molecule has 0 atom stereocenters. The number of rotatable bonds is 2. The minimum absolute atomic E-state index is 0.0372. The van der Waals surface area contributed by atoms with Crippen molar-refractivity contribution in [2.24, 2.45) is 0 Å². The van der Waals surface area contributed by atoms with Crippen molar-refractivity contribution in [2.45, 2.75) is 12.4 Å². The first-order valence-electron chi connectivity index (χ1n) is 5.84. The van der Waals surface area contributed by atoms with Crippen molar-refractivity contribution >= 4 is 5.97 Å². The van der Waals surface area contributed by atoms with Crippen LogP contribution >= 0.6 is 0 Å². The third-order valence-electron chi connectivity index (χ3n) is 2.72. The summed E-state index contributed by atoms with van der Waals surface area (Å²) in [4.78, 5) is 17.8. The number of alkyl halides is 6. The Morgan fingerprint density at radius 2 is 1.48 bits per heavy atom. The molecule has 2 rings (SSSR count). The zero-order chi connectivity index (χ0) is 17.4. The molecular weight excluding hydrogens is 330 g/mol. The topological polar surface area (TPSA) is 63.1 Å². The summed E-state index contributed by atoms with van der Waals surface area (Å²) >= 11 is 0. The number of carboxylic acids is 1. The van der Waals surface area contributed by atoms with Crippen LogP contribution in [0, 0.1) is 0 Å². The monoisotopic (exact) mass is 336 g/mol. The summed E-state index contributed by atoms with van der Waals surface area (Å²) in [7, 11) is 0. The van der Waals surface area contributed by atoms with Crippen LogP contribution in [-0.4, -0.2) is 21.0 Å². The number of hydrogen-bond acceptors (Lipinski definition) is 3. The molecule has 0 saturated heterocycles. The van der Waals surface area contributed by atoms with E-state index in [2.05, 4.69) is 9.97 Å². The van der Waals surface area contributed by atoms with Gasteiger partial charge in [0, 0.05) is 11.8 Å². The highest BCUT2D eigenvalue weighted by Gasteiger charge is 2.37. The summed E-state index contributed by atoms with van der Waals surface area (Å²) in [6, 6.07) is 1.78. The Balaban J connectivity index is 2.67. The van der Waals surface area contributed by atoms with Crippen LogP contribution in [0.5, 0.6) is 0 Å². The SMILES string of the molecule is O=C(O)c1ccnc(-c2cc(C(F)(F)F)cc(C(F)(F)F)c2)n1. The number of nitrogens with zero attached hydrogens (tertiary/aromatic N) is 2. The average Bonchev–Trinajstić information content (AvgIpc) is 2.45. The fraction of sp³-hybridized carbons (Fsp3) is 0.154. The van der Waals surface area contributed by atoms with Gasteiger partial charge in [-0.3, -0.25) is 0 Å². The first kappa shape index (κ1) is 16.7. The van der Waals surface area contributed by atoms with E-state index in [1.54, 1.807) is 0 Å². The highest BCUT2D eigenvalue weighted by Crippen LogP contribution is 2.37. The molecule has 0 bridgehead atoms. The van der Waals surface area contributed by atoms with E-state index in [1.165, 1.54) is 0 Å². The second kappa shape index (κ2) is 5.52. The summed E-state index contributed by atoms with van der Waals surface area (Å²) in [5.74, 6) is -2.04. The molecule has 0 radical (unpaired) electrons. The molecular formula is C13H6F6N2O2. The van der Waals surface area contributed by atoms with Crippen molar-refractivity contribution in [1.82, 2.24) is 9.97 Å². The van der Waals surface area contributed by atoms with Crippen LogP contribution in [0.2, 0.25) is 0 Å². The van der Waals surface area contributed by atoms with Crippen molar-refractivity contribution in [2.75, 3.05) is 0 Å². The van der Waals surface area contributed by atoms with Gasteiger partial charge < -0.3 is 5.11 Å². The Labute approximate surface area is 124 Å². The van der Waals surface area contributed by atoms with Crippen molar-refractivity contribution in [1.29, 1.82) is 0 Å². The summed E-state index contributed by atoms with van der Waals surface area (Å²) in [6.07, 6.45) is -9.10. The standard InChI is InChI=1S/C13H6F6N2O2/c14-12(15,16)7-3-6(4-8(5-7)13(17,18)19)10-20-2-1-9(21-10)11(22)23/h1-5H,(H,22,23). The number of carboxylic acid groups (broad SMARTS) is 1. The van der Waals surface area contributed by atoms with Gasteiger partial charge in [0.15, 0.2) is 11.5 Å². The fourth-order valence-corrected chi connectivity index (χ4v) is 1.70. The molecule has 1 aromatic carbocycles. The van der Waals surface area contributed by atoms with Gasteiger partial charge in [-0.2, -0.15) is 26.3 Å². The average molecular weight is 336 g/mol. The van der Waals surface area contributed by atoms with Gasteiger partial charge in [0.05, 0.1) is 11.1 Å². The predicted molar refractivity (Wildman–Crippen MR) is 64.4 cm³/mol. The molecule has 0 amide bonds. The molecule has 0 aliphatic heterocycles. The molecule has 0 saturated carbocycles. The second-order valence-electron chi connectivity index (χ2n) is 4.37. The molecule has 10 heteroatoms. The largest absolute Gasteiger partial charge is 0.477 e. The molecule has 0 fully saturated rings. The minimum atomic E-state index is -5.01. The molecule has 0 aliphatic carbocycles. The van der Waals surface area contributed by atoms with Crippen LogP contribution in [0.1, 0.15) is 21.6 Å². The zero-order valence-electron chi connectivity index (χ0n) is 10.9. The van der Waals surface area contributed by atoms with E-state index < -0.39 is 46.5 Å². The summed E-state index contributed by atoms with van der Waals surface area (Å²) < 4.78 is 76.5. The smallest absolute Gasteiger partial charge is 0.416 e. The lowest BCUT2D eigenvalue weighted by Crippen LogP contribution is -2.11. The van der Waals surface area contributed by atoms with E-state index in [9.17, 15) is 31.1 Å². The molecule has 4 nitrogen and oxygen atoms in total. The first-order valence-corrected chi connectivity index (χ1v) is 5.84. The van der Waals surface area contributed by atoms with E-state index in [0.717, 1.165) is 12.3 Å². The van der Waals surface area contributed by atoms with Crippen molar-refractivity contribution in [3.05, 3.63) is 47.3 Å². The molecule has 1 N–H and O–H groups in total. The maximum atomic E-state index is 12.8. The Hall–Kier alpha value is -2.65. The predicted octanol–water partition coefficient (Wildman–Crippen LogP) is 3.88. The van der Waals surface area contributed by atoms with Crippen molar-refractivity contribution in [3.63, 3.8) is 0 Å². The van der Waals surface area contributed by atoms with E-state index in [0.29, 0.717) is 12.1 Å². The van der Waals surface area contributed by atoms with Crippen LogP contribution in [-0.2, 0) is 12.4 Å². The van der Waals surface area contributed by atoms with Crippen LogP contribution in [0.15, 0.2) is 30.5 Å². The van der Waals surface area contributed by atoms with Crippen LogP contribution in [0.3, 0.4) is 0 Å². The lowest BCUT2D eigenvalue weighted by molar-refractivity contribution is -0.143. The first-order chi connectivity index (χ1) is 10.5. The van der Waals surface area contributed by atoms with Gasteiger partial charge in [-0.1, -0.05) is 0 Å². The molecule has 0 aliphatic rings. The molecule has 1 heterocycles. The van der Waals surface area contributed by atoms with Crippen LogP contribution in [0.4, 0.5) is 26.3 Å². The maximum absolute atomic E-state index is 12.8. The number of carbonyl (C=O) groups is 1. The maximum Gasteiger partial charge on any atom is 0.416 e. The van der Waals surface area contributed by atoms with Gasteiger partial charge in [0.2, 0.25) is 0 Å². The fourth-order valence-electron chi connectivity index (χ4n) is 1.70.